The number of aryl methyl sites for hydroxylation is 3. The molecular weight excluding hydrogens is 318 g/mol. The second-order valence-corrected chi connectivity index (χ2v) is 6.71. The van der Waals surface area contributed by atoms with E-state index in [4.69, 9.17) is 4.74 Å². The van der Waals surface area contributed by atoms with Crippen LogP contribution in [0.15, 0.2) is 29.2 Å². The fraction of sp³-hybridized carbons (Fsp3) is 0.438. The molecule has 0 fully saturated rings. The number of nitrogens with one attached hydrogen (secondary N) is 1. The van der Waals surface area contributed by atoms with Gasteiger partial charge in [-0.15, -0.1) is 4.28 Å². The lowest BCUT2D eigenvalue weighted by atomic mass is 10.1. The Labute approximate surface area is 137 Å². The number of allylic oxidation sites excluding steroid dienone is 1. The van der Waals surface area contributed by atoms with E-state index in [0.717, 1.165) is 18.4 Å². The lowest BCUT2D eigenvalue weighted by molar-refractivity contribution is 0.111. The summed E-state index contributed by atoms with van der Waals surface area (Å²) in [5, 5.41) is 0. The number of amides is 1. The first-order valence-electron chi connectivity index (χ1n) is 7.37. The molecule has 6 nitrogen and oxygen atoms in total. The molecule has 0 aliphatic heterocycles. The van der Waals surface area contributed by atoms with Crippen LogP contribution in [0.5, 0.6) is 0 Å². The summed E-state index contributed by atoms with van der Waals surface area (Å²) < 4.78 is 33.8. The molecule has 0 saturated heterocycles. The van der Waals surface area contributed by atoms with Crippen LogP contribution in [0, 0.1) is 20.8 Å². The summed E-state index contributed by atoms with van der Waals surface area (Å²) in [7, 11) is -4.10. The van der Waals surface area contributed by atoms with Crippen LogP contribution in [-0.4, -0.2) is 21.1 Å². The fourth-order valence-electron chi connectivity index (χ4n) is 2.20. The summed E-state index contributed by atoms with van der Waals surface area (Å²) in [5.74, 6) is 0. The van der Waals surface area contributed by atoms with Crippen molar-refractivity contribution in [2.24, 2.45) is 0 Å². The number of carbonyl (C=O) groups excluding carboxylic acids is 1. The minimum absolute atomic E-state index is 0.0474. The predicted molar refractivity (Wildman–Crippen MR) is 87.5 cm³/mol. The van der Waals surface area contributed by atoms with Crippen molar-refractivity contribution in [2.75, 3.05) is 6.61 Å². The first-order valence-corrected chi connectivity index (χ1v) is 8.78. The van der Waals surface area contributed by atoms with Crippen molar-refractivity contribution in [3.63, 3.8) is 0 Å². The highest BCUT2D eigenvalue weighted by molar-refractivity contribution is 7.86. The van der Waals surface area contributed by atoms with Crippen molar-refractivity contribution in [2.45, 2.75) is 45.4 Å². The lowest BCUT2D eigenvalue weighted by Gasteiger charge is -2.12. The Morgan fingerprint density at radius 2 is 1.78 bits per heavy atom. The van der Waals surface area contributed by atoms with Crippen LogP contribution in [0.4, 0.5) is 4.79 Å². The quantitative estimate of drug-likeness (QED) is 0.608. The topological polar surface area (TPSA) is 81.7 Å². The fourth-order valence-corrected chi connectivity index (χ4v) is 3.37. The van der Waals surface area contributed by atoms with E-state index in [1.54, 1.807) is 37.5 Å². The normalized spacial score (nSPS) is 11.7. The van der Waals surface area contributed by atoms with E-state index in [0.29, 0.717) is 11.1 Å². The molecule has 7 heteroatoms. The molecule has 0 saturated carbocycles. The molecule has 0 heterocycles. The average Bonchev–Trinajstić information content (AvgIpc) is 2.43. The van der Waals surface area contributed by atoms with Gasteiger partial charge in [-0.1, -0.05) is 43.2 Å². The molecule has 1 rings (SSSR count). The summed E-state index contributed by atoms with van der Waals surface area (Å²) in [6.45, 7) is 7.31. The lowest BCUT2D eigenvalue weighted by Crippen LogP contribution is -2.28. The van der Waals surface area contributed by atoms with Crippen molar-refractivity contribution in [3.8, 4) is 0 Å². The molecule has 0 atom stereocenters. The highest BCUT2D eigenvalue weighted by atomic mass is 32.2. The molecule has 23 heavy (non-hydrogen) atoms. The number of benzene rings is 1. The van der Waals surface area contributed by atoms with Crippen molar-refractivity contribution >= 4 is 16.2 Å². The van der Waals surface area contributed by atoms with Crippen LogP contribution in [0.3, 0.4) is 0 Å². The van der Waals surface area contributed by atoms with E-state index in [-0.39, 0.29) is 11.5 Å². The minimum atomic E-state index is -4.10. The second kappa shape index (κ2) is 8.69. The molecule has 0 aliphatic carbocycles. The first-order chi connectivity index (χ1) is 10.8. The third-order valence-corrected chi connectivity index (χ3v) is 4.47. The van der Waals surface area contributed by atoms with Crippen LogP contribution < -0.4 is 5.48 Å². The Bertz CT molecular complexity index is 657. The van der Waals surface area contributed by atoms with Crippen molar-refractivity contribution in [1.82, 2.24) is 5.48 Å². The molecule has 0 bridgehead atoms. The van der Waals surface area contributed by atoms with Crippen LogP contribution in [0.25, 0.3) is 0 Å². The van der Waals surface area contributed by atoms with Gasteiger partial charge in [-0.2, -0.15) is 13.9 Å². The number of hydrogen-bond acceptors (Lipinski definition) is 5. The summed E-state index contributed by atoms with van der Waals surface area (Å²) >= 11 is 0. The Morgan fingerprint density at radius 1 is 1.17 bits per heavy atom. The van der Waals surface area contributed by atoms with Crippen molar-refractivity contribution < 1.29 is 22.2 Å². The Balaban J connectivity index is 2.65. The molecule has 1 aromatic carbocycles. The molecule has 1 N–H and O–H groups in total. The monoisotopic (exact) mass is 341 g/mol. The van der Waals surface area contributed by atoms with Crippen LogP contribution in [-0.2, 0) is 19.1 Å². The standard InChI is InChI=1S/C16H23NO5S/c1-5-6-7-8-9-21-16(18)17-22-23(19,20)15-13(3)10-12(2)11-14(15)4/h7-8,10-11H,5-6,9H2,1-4H3,(H,17,18)/b8-7-. The molecule has 1 amide bonds. The number of hydrogen-bond donors (Lipinski definition) is 1. The summed E-state index contributed by atoms with van der Waals surface area (Å²) in [5.41, 5.74) is 3.86. The molecule has 0 unspecified atom stereocenters. The van der Waals surface area contributed by atoms with Crippen LogP contribution in [0.1, 0.15) is 36.5 Å². The number of carbonyl (C=O) groups is 1. The molecular formula is C16H23NO5S. The Hall–Kier alpha value is -1.86. The van der Waals surface area contributed by atoms with Gasteiger partial charge in [0.25, 0.3) is 0 Å². The highest BCUT2D eigenvalue weighted by Gasteiger charge is 2.22. The van der Waals surface area contributed by atoms with E-state index < -0.39 is 16.2 Å². The van der Waals surface area contributed by atoms with Gasteiger partial charge in [0.15, 0.2) is 0 Å². The van der Waals surface area contributed by atoms with E-state index in [2.05, 4.69) is 4.28 Å². The average molecular weight is 341 g/mol. The zero-order valence-corrected chi connectivity index (χ0v) is 14.7. The van der Waals surface area contributed by atoms with Gasteiger partial charge in [-0.25, -0.2) is 4.79 Å². The Morgan fingerprint density at radius 3 is 2.35 bits per heavy atom. The largest absolute Gasteiger partial charge is 0.444 e. The molecule has 128 valence electrons. The maximum atomic E-state index is 12.2. The van der Waals surface area contributed by atoms with E-state index in [1.165, 1.54) is 0 Å². The molecule has 0 aromatic heterocycles. The van der Waals surface area contributed by atoms with Gasteiger partial charge < -0.3 is 4.74 Å². The van der Waals surface area contributed by atoms with E-state index >= 15 is 0 Å². The van der Waals surface area contributed by atoms with Gasteiger partial charge in [0.05, 0.1) is 0 Å². The first kappa shape index (κ1) is 19.2. The van der Waals surface area contributed by atoms with E-state index in [9.17, 15) is 13.2 Å². The van der Waals surface area contributed by atoms with Gasteiger partial charge in [0, 0.05) is 0 Å². The van der Waals surface area contributed by atoms with Gasteiger partial charge >= 0.3 is 16.2 Å². The number of hydroxylamine groups is 1. The van der Waals surface area contributed by atoms with Gasteiger partial charge in [-0.05, 0) is 38.3 Å². The van der Waals surface area contributed by atoms with Gasteiger partial charge in [-0.3, -0.25) is 0 Å². The van der Waals surface area contributed by atoms with Gasteiger partial charge in [0.1, 0.15) is 11.5 Å². The van der Waals surface area contributed by atoms with Gasteiger partial charge in [0.2, 0.25) is 0 Å². The third kappa shape index (κ3) is 6.03. The van der Waals surface area contributed by atoms with E-state index in [1.807, 2.05) is 19.9 Å². The molecule has 0 spiro atoms. The zero-order chi connectivity index (χ0) is 17.5. The second-order valence-electron chi connectivity index (χ2n) is 5.23. The smallest absolute Gasteiger partial charge is 0.432 e. The summed E-state index contributed by atoms with van der Waals surface area (Å²) in [6, 6.07) is 3.47. The maximum Gasteiger partial charge on any atom is 0.432 e. The highest BCUT2D eigenvalue weighted by Crippen LogP contribution is 2.22. The van der Waals surface area contributed by atoms with Crippen molar-refractivity contribution in [1.29, 1.82) is 0 Å². The summed E-state index contributed by atoms with van der Waals surface area (Å²) in [4.78, 5) is 11.5. The third-order valence-electron chi connectivity index (χ3n) is 3.02. The zero-order valence-electron chi connectivity index (χ0n) is 13.9. The molecule has 1 aromatic rings. The van der Waals surface area contributed by atoms with Crippen molar-refractivity contribution in [3.05, 3.63) is 41.0 Å². The Kier molecular flexibility index (Phi) is 7.25. The van der Waals surface area contributed by atoms with Crippen LogP contribution >= 0.6 is 0 Å². The predicted octanol–water partition coefficient (Wildman–Crippen LogP) is 3.31. The number of rotatable bonds is 7. The molecule has 0 radical (unpaired) electrons. The molecule has 0 aliphatic rings. The number of unbranched alkanes of at least 4 members (excludes halogenated alkanes) is 1. The summed E-state index contributed by atoms with van der Waals surface area (Å²) in [6.07, 6.45) is 4.49. The number of ether oxygens (including phenoxy) is 1. The SMILES string of the molecule is CCC/C=C\COC(=O)NOS(=O)(=O)c1c(C)cc(C)cc1C. The maximum absolute atomic E-state index is 12.2. The minimum Gasteiger partial charge on any atom is -0.444 e. The van der Waals surface area contributed by atoms with Crippen LogP contribution in [0.2, 0.25) is 0 Å².